The number of ether oxygens (including phenoxy) is 2. The molecule has 0 atom stereocenters. The van der Waals surface area contributed by atoms with Gasteiger partial charge in [0.25, 0.3) is 0 Å². The van der Waals surface area contributed by atoms with Crippen molar-refractivity contribution < 1.29 is 28.2 Å². The third-order valence-electron chi connectivity index (χ3n) is 2.78. The highest BCUT2D eigenvalue weighted by Crippen LogP contribution is 2.23. The molecule has 0 saturated carbocycles. The number of carboxylic acids is 1. The van der Waals surface area contributed by atoms with Gasteiger partial charge in [0.1, 0.15) is 23.7 Å². The van der Waals surface area contributed by atoms with Crippen LogP contribution < -0.4 is 9.47 Å². The summed E-state index contributed by atoms with van der Waals surface area (Å²) in [6, 6.07) is 7.41. The van der Waals surface area contributed by atoms with Crippen molar-refractivity contribution in [2.45, 2.75) is 6.61 Å². The van der Waals surface area contributed by atoms with E-state index < -0.39 is 17.6 Å². The first-order chi connectivity index (χ1) is 10.0. The number of carbonyl (C=O) groups is 1. The van der Waals surface area contributed by atoms with E-state index in [4.69, 9.17) is 14.6 Å². The van der Waals surface area contributed by atoms with Crippen LogP contribution in [0.3, 0.4) is 0 Å². The molecule has 0 fully saturated rings. The smallest absolute Gasteiger partial charge is 0.339 e. The van der Waals surface area contributed by atoms with Gasteiger partial charge in [0, 0.05) is 6.07 Å². The largest absolute Gasteiger partial charge is 0.496 e. The molecule has 2 aromatic rings. The van der Waals surface area contributed by atoms with Crippen molar-refractivity contribution in [3.05, 3.63) is 59.2 Å². The average molecular weight is 294 g/mol. The van der Waals surface area contributed by atoms with Crippen molar-refractivity contribution in [3.8, 4) is 11.5 Å². The number of benzene rings is 2. The van der Waals surface area contributed by atoms with Gasteiger partial charge in [0.15, 0.2) is 11.6 Å². The first-order valence-electron chi connectivity index (χ1n) is 5.99. The second-order valence-corrected chi connectivity index (χ2v) is 4.20. The summed E-state index contributed by atoms with van der Waals surface area (Å²) >= 11 is 0. The molecule has 0 saturated heterocycles. The van der Waals surface area contributed by atoms with E-state index in [0.29, 0.717) is 5.56 Å². The Hall–Kier alpha value is -2.63. The molecule has 0 unspecified atom stereocenters. The third-order valence-corrected chi connectivity index (χ3v) is 2.78. The molecule has 2 rings (SSSR count). The molecule has 6 heteroatoms. The Morgan fingerprint density at radius 2 is 1.90 bits per heavy atom. The second-order valence-electron chi connectivity index (χ2n) is 4.20. The van der Waals surface area contributed by atoms with Crippen LogP contribution >= 0.6 is 0 Å². The molecule has 0 amide bonds. The molecule has 0 spiro atoms. The van der Waals surface area contributed by atoms with Crippen LogP contribution in [-0.2, 0) is 6.61 Å². The molecule has 110 valence electrons. The summed E-state index contributed by atoms with van der Waals surface area (Å²) in [5, 5.41) is 8.96. The lowest BCUT2D eigenvalue weighted by atomic mass is 10.1. The number of carboxylic acid groups (broad SMARTS) is 1. The topological polar surface area (TPSA) is 55.8 Å². The Balaban J connectivity index is 2.15. The van der Waals surface area contributed by atoms with Crippen LogP contribution in [0.25, 0.3) is 0 Å². The van der Waals surface area contributed by atoms with E-state index in [1.807, 2.05) is 0 Å². The Morgan fingerprint density at radius 1 is 1.14 bits per heavy atom. The minimum absolute atomic E-state index is 0.00118. The van der Waals surface area contributed by atoms with Crippen molar-refractivity contribution in [2.24, 2.45) is 0 Å². The SMILES string of the molecule is COc1cc(COc2ccc(F)cc2F)ccc1C(=O)O. The Labute approximate surface area is 119 Å². The average Bonchev–Trinajstić information content (AvgIpc) is 2.45. The van der Waals surface area contributed by atoms with E-state index in [9.17, 15) is 13.6 Å². The van der Waals surface area contributed by atoms with E-state index in [1.165, 1.54) is 31.4 Å². The van der Waals surface area contributed by atoms with E-state index in [0.717, 1.165) is 12.1 Å². The fraction of sp³-hybridized carbons (Fsp3) is 0.133. The standard InChI is InChI=1S/C15H12F2O4/c1-20-14-6-9(2-4-11(14)15(18)19)8-21-13-5-3-10(16)7-12(13)17/h2-7H,8H2,1H3,(H,18,19). The highest BCUT2D eigenvalue weighted by atomic mass is 19.1. The molecule has 0 aromatic heterocycles. The zero-order valence-corrected chi connectivity index (χ0v) is 11.1. The van der Waals surface area contributed by atoms with Crippen LogP contribution in [0, 0.1) is 11.6 Å². The Morgan fingerprint density at radius 3 is 2.52 bits per heavy atom. The second kappa shape index (κ2) is 6.21. The van der Waals surface area contributed by atoms with Crippen LogP contribution in [0.15, 0.2) is 36.4 Å². The van der Waals surface area contributed by atoms with Crippen LogP contribution in [-0.4, -0.2) is 18.2 Å². The lowest BCUT2D eigenvalue weighted by molar-refractivity contribution is 0.0693. The summed E-state index contributed by atoms with van der Waals surface area (Å²) in [4.78, 5) is 11.0. The van der Waals surface area contributed by atoms with Crippen molar-refractivity contribution in [1.29, 1.82) is 0 Å². The number of hydrogen-bond donors (Lipinski definition) is 1. The van der Waals surface area contributed by atoms with Gasteiger partial charge in [-0.15, -0.1) is 0 Å². The van der Waals surface area contributed by atoms with Gasteiger partial charge in [-0.25, -0.2) is 13.6 Å². The number of hydrogen-bond acceptors (Lipinski definition) is 3. The zero-order chi connectivity index (χ0) is 15.4. The molecule has 0 aliphatic carbocycles. The van der Waals surface area contributed by atoms with Gasteiger partial charge >= 0.3 is 5.97 Å². The quantitative estimate of drug-likeness (QED) is 0.919. The molecule has 4 nitrogen and oxygen atoms in total. The first-order valence-corrected chi connectivity index (χ1v) is 5.99. The summed E-state index contributed by atoms with van der Waals surface area (Å²) in [7, 11) is 1.35. The molecule has 0 heterocycles. The number of methoxy groups -OCH3 is 1. The molecule has 0 aliphatic rings. The maximum atomic E-state index is 13.4. The van der Waals surface area contributed by atoms with Gasteiger partial charge in [-0.05, 0) is 29.8 Å². The molecule has 0 aliphatic heterocycles. The minimum Gasteiger partial charge on any atom is -0.496 e. The Bertz CT molecular complexity index is 671. The maximum absolute atomic E-state index is 13.4. The van der Waals surface area contributed by atoms with Gasteiger partial charge in [0.2, 0.25) is 0 Å². The van der Waals surface area contributed by atoms with Gasteiger partial charge in [0.05, 0.1) is 7.11 Å². The number of rotatable bonds is 5. The monoisotopic (exact) mass is 294 g/mol. The van der Waals surface area contributed by atoms with E-state index in [-0.39, 0.29) is 23.7 Å². The van der Waals surface area contributed by atoms with Crippen molar-refractivity contribution >= 4 is 5.97 Å². The lowest BCUT2D eigenvalue weighted by Crippen LogP contribution is -2.03. The predicted molar refractivity (Wildman–Crippen MR) is 70.6 cm³/mol. The van der Waals surface area contributed by atoms with Crippen LogP contribution in [0.4, 0.5) is 8.78 Å². The van der Waals surface area contributed by atoms with Gasteiger partial charge < -0.3 is 14.6 Å². The zero-order valence-electron chi connectivity index (χ0n) is 11.1. The normalized spacial score (nSPS) is 10.2. The van der Waals surface area contributed by atoms with E-state index in [2.05, 4.69) is 0 Å². The highest BCUT2D eigenvalue weighted by Gasteiger charge is 2.12. The van der Waals surface area contributed by atoms with E-state index in [1.54, 1.807) is 0 Å². The molecular formula is C15H12F2O4. The Kier molecular flexibility index (Phi) is 4.37. The van der Waals surface area contributed by atoms with Crippen LogP contribution in [0.1, 0.15) is 15.9 Å². The van der Waals surface area contributed by atoms with Crippen molar-refractivity contribution in [1.82, 2.24) is 0 Å². The number of halogens is 2. The predicted octanol–water partition coefficient (Wildman–Crippen LogP) is 3.25. The van der Waals surface area contributed by atoms with Crippen molar-refractivity contribution in [2.75, 3.05) is 7.11 Å². The van der Waals surface area contributed by atoms with Crippen LogP contribution in [0.2, 0.25) is 0 Å². The molecule has 0 radical (unpaired) electrons. The maximum Gasteiger partial charge on any atom is 0.339 e. The minimum atomic E-state index is -1.11. The third kappa shape index (κ3) is 3.47. The molecule has 1 N–H and O–H groups in total. The summed E-state index contributed by atoms with van der Waals surface area (Å²) < 4.78 is 36.4. The summed E-state index contributed by atoms with van der Waals surface area (Å²) in [6.45, 7) is -0.00118. The number of aromatic carboxylic acids is 1. The van der Waals surface area contributed by atoms with Crippen LogP contribution in [0.5, 0.6) is 11.5 Å². The molecule has 21 heavy (non-hydrogen) atoms. The highest BCUT2D eigenvalue weighted by molar-refractivity contribution is 5.90. The molecule has 0 bridgehead atoms. The van der Waals surface area contributed by atoms with Gasteiger partial charge in [-0.2, -0.15) is 0 Å². The molecular weight excluding hydrogens is 282 g/mol. The van der Waals surface area contributed by atoms with Crippen molar-refractivity contribution in [3.63, 3.8) is 0 Å². The lowest BCUT2D eigenvalue weighted by Gasteiger charge is -2.10. The van der Waals surface area contributed by atoms with E-state index >= 15 is 0 Å². The summed E-state index contributed by atoms with van der Waals surface area (Å²) in [6.07, 6.45) is 0. The first kappa shape index (κ1) is 14.8. The summed E-state index contributed by atoms with van der Waals surface area (Å²) in [5.74, 6) is -2.50. The fourth-order valence-corrected chi connectivity index (χ4v) is 1.76. The van der Waals surface area contributed by atoms with Gasteiger partial charge in [-0.3, -0.25) is 0 Å². The van der Waals surface area contributed by atoms with Gasteiger partial charge in [-0.1, -0.05) is 6.07 Å². The molecule has 2 aromatic carbocycles. The fourth-order valence-electron chi connectivity index (χ4n) is 1.76. The summed E-state index contributed by atoms with van der Waals surface area (Å²) in [5.41, 5.74) is 0.620.